The van der Waals surface area contributed by atoms with Gasteiger partial charge in [0.2, 0.25) is 5.95 Å². The van der Waals surface area contributed by atoms with Crippen molar-refractivity contribution in [2.45, 2.75) is 25.9 Å². The molecule has 1 saturated heterocycles. The van der Waals surface area contributed by atoms with Crippen LogP contribution in [-0.4, -0.2) is 39.0 Å². The maximum atomic E-state index is 14.5. The number of ether oxygens (including phenoxy) is 1. The Hall–Kier alpha value is -3.59. The Balaban J connectivity index is 1.67. The number of hydrogen-bond donors (Lipinski definition) is 2. The van der Waals surface area contributed by atoms with Crippen molar-refractivity contribution < 1.29 is 13.5 Å². The fourth-order valence-electron chi connectivity index (χ4n) is 3.93. The average Bonchev–Trinajstić information content (AvgIpc) is 3.41. The van der Waals surface area contributed by atoms with Gasteiger partial charge in [0.1, 0.15) is 23.1 Å². The molecule has 32 heavy (non-hydrogen) atoms. The summed E-state index contributed by atoms with van der Waals surface area (Å²) in [5.74, 6) is -0.738. The zero-order valence-electron chi connectivity index (χ0n) is 17.5. The standard InChI is InChI=1S/C23H22F2N6O/c1-13-4-2-5-14(10-13)20-19-21(26)31(18-11-15(24)7-8-17(18)25)30-22(19)29-23(28-20)27-12-16-6-3-9-32-16/h2,4-5,7-8,10-11,16H,3,6,9,12,26H2,1H3,(H,27,29,30). The van der Waals surface area contributed by atoms with Crippen LogP contribution in [0.15, 0.2) is 42.5 Å². The van der Waals surface area contributed by atoms with E-state index in [0.717, 1.165) is 48.8 Å². The molecule has 0 spiro atoms. The van der Waals surface area contributed by atoms with Crippen molar-refractivity contribution in [3.8, 4) is 16.9 Å². The van der Waals surface area contributed by atoms with Gasteiger partial charge in [-0.3, -0.25) is 0 Å². The summed E-state index contributed by atoms with van der Waals surface area (Å²) in [5.41, 5.74) is 9.01. The molecule has 0 saturated carbocycles. The largest absolute Gasteiger partial charge is 0.383 e. The van der Waals surface area contributed by atoms with Gasteiger partial charge in [-0.25, -0.2) is 18.4 Å². The SMILES string of the molecule is Cc1cccc(-c2nc(NCC3CCCO3)nc3nn(-c4cc(F)ccc4F)c(N)c23)c1. The van der Waals surface area contributed by atoms with E-state index in [0.29, 0.717) is 23.6 Å². The van der Waals surface area contributed by atoms with Crippen molar-refractivity contribution in [2.75, 3.05) is 24.2 Å². The van der Waals surface area contributed by atoms with Crippen LogP contribution in [-0.2, 0) is 4.74 Å². The van der Waals surface area contributed by atoms with E-state index in [1.54, 1.807) is 0 Å². The Morgan fingerprint density at radius 1 is 1.19 bits per heavy atom. The molecule has 1 unspecified atom stereocenters. The molecular formula is C23H22F2N6O. The number of rotatable bonds is 5. The lowest BCUT2D eigenvalue weighted by atomic mass is 10.1. The van der Waals surface area contributed by atoms with E-state index in [-0.39, 0.29) is 23.3 Å². The van der Waals surface area contributed by atoms with Gasteiger partial charge in [0.05, 0.1) is 17.2 Å². The molecule has 3 heterocycles. The van der Waals surface area contributed by atoms with E-state index in [4.69, 9.17) is 15.5 Å². The Kier molecular flexibility index (Phi) is 5.18. The van der Waals surface area contributed by atoms with Crippen LogP contribution >= 0.6 is 0 Å². The molecule has 9 heteroatoms. The monoisotopic (exact) mass is 436 g/mol. The van der Waals surface area contributed by atoms with Crippen LogP contribution in [0.3, 0.4) is 0 Å². The van der Waals surface area contributed by atoms with Gasteiger partial charge in [-0.2, -0.15) is 4.98 Å². The number of nitrogens with two attached hydrogens (primary N) is 1. The van der Waals surface area contributed by atoms with E-state index in [1.165, 1.54) is 4.68 Å². The first kappa shape index (κ1) is 20.3. The van der Waals surface area contributed by atoms with E-state index in [2.05, 4.69) is 15.4 Å². The van der Waals surface area contributed by atoms with Crippen LogP contribution in [0.2, 0.25) is 0 Å². The van der Waals surface area contributed by atoms with Crippen molar-refractivity contribution >= 4 is 22.8 Å². The molecule has 1 aliphatic rings. The molecule has 0 amide bonds. The summed E-state index contributed by atoms with van der Waals surface area (Å²) in [6, 6.07) is 10.9. The minimum absolute atomic E-state index is 0.0930. The number of halogens is 2. The topological polar surface area (TPSA) is 90.9 Å². The summed E-state index contributed by atoms with van der Waals surface area (Å²) in [6.07, 6.45) is 2.10. The van der Waals surface area contributed by atoms with Gasteiger partial charge in [0.15, 0.2) is 5.65 Å². The van der Waals surface area contributed by atoms with Crippen LogP contribution < -0.4 is 11.1 Å². The van der Waals surface area contributed by atoms with Gasteiger partial charge in [-0.05, 0) is 38.0 Å². The van der Waals surface area contributed by atoms with Crippen molar-refractivity contribution in [3.05, 3.63) is 59.7 Å². The molecule has 1 fully saturated rings. The average molecular weight is 436 g/mol. The molecule has 2 aromatic heterocycles. The highest BCUT2D eigenvalue weighted by atomic mass is 19.1. The van der Waals surface area contributed by atoms with Crippen molar-refractivity contribution in [3.63, 3.8) is 0 Å². The second kappa shape index (κ2) is 8.16. The summed E-state index contributed by atoms with van der Waals surface area (Å²) in [6.45, 7) is 3.29. The lowest BCUT2D eigenvalue weighted by Crippen LogP contribution is -2.19. The molecule has 2 aromatic carbocycles. The maximum Gasteiger partial charge on any atom is 0.225 e. The van der Waals surface area contributed by atoms with Crippen molar-refractivity contribution in [1.82, 2.24) is 19.7 Å². The van der Waals surface area contributed by atoms with Crippen LogP contribution in [0.5, 0.6) is 0 Å². The fourth-order valence-corrected chi connectivity index (χ4v) is 3.93. The minimum atomic E-state index is -0.646. The highest BCUT2D eigenvalue weighted by Gasteiger charge is 2.22. The van der Waals surface area contributed by atoms with Crippen LogP contribution in [0.1, 0.15) is 18.4 Å². The molecule has 7 nitrogen and oxygen atoms in total. The number of aromatic nitrogens is 4. The zero-order chi connectivity index (χ0) is 22.2. The van der Waals surface area contributed by atoms with Gasteiger partial charge in [0.25, 0.3) is 0 Å². The number of benzene rings is 2. The molecule has 0 bridgehead atoms. The third-order valence-corrected chi connectivity index (χ3v) is 5.51. The number of nitrogen functional groups attached to an aromatic ring is 1. The number of fused-ring (bicyclic) bond motifs is 1. The third-order valence-electron chi connectivity index (χ3n) is 5.51. The van der Waals surface area contributed by atoms with Crippen LogP contribution in [0, 0.1) is 18.6 Å². The quantitative estimate of drug-likeness (QED) is 0.486. The Morgan fingerprint density at radius 2 is 2.06 bits per heavy atom. The molecule has 1 aliphatic heterocycles. The highest BCUT2D eigenvalue weighted by molar-refractivity contribution is 5.99. The minimum Gasteiger partial charge on any atom is -0.383 e. The summed E-state index contributed by atoms with van der Waals surface area (Å²) < 4.78 is 35.1. The van der Waals surface area contributed by atoms with Gasteiger partial charge in [-0.15, -0.1) is 5.10 Å². The highest BCUT2D eigenvalue weighted by Crippen LogP contribution is 2.33. The molecule has 0 radical (unpaired) electrons. The van der Waals surface area contributed by atoms with Gasteiger partial charge < -0.3 is 15.8 Å². The van der Waals surface area contributed by atoms with Crippen LogP contribution in [0.4, 0.5) is 20.5 Å². The molecule has 0 aliphatic carbocycles. The van der Waals surface area contributed by atoms with Crippen molar-refractivity contribution in [2.24, 2.45) is 0 Å². The smallest absolute Gasteiger partial charge is 0.225 e. The second-order valence-corrected chi connectivity index (χ2v) is 7.87. The third kappa shape index (κ3) is 3.75. The maximum absolute atomic E-state index is 14.5. The first-order chi connectivity index (χ1) is 15.5. The summed E-state index contributed by atoms with van der Waals surface area (Å²) in [7, 11) is 0. The van der Waals surface area contributed by atoms with Gasteiger partial charge >= 0.3 is 0 Å². The van der Waals surface area contributed by atoms with E-state index in [9.17, 15) is 8.78 Å². The molecule has 4 aromatic rings. The van der Waals surface area contributed by atoms with Crippen molar-refractivity contribution in [1.29, 1.82) is 0 Å². The summed E-state index contributed by atoms with van der Waals surface area (Å²) >= 11 is 0. The predicted octanol–water partition coefficient (Wildman–Crippen LogP) is 4.24. The number of nitrogens with zero attached hydrogens (tertiary/aromatic N) is 4. The number of nitrogens with one attached hydrogen (secondary N) is 1. The Bertz CT molecular complexity index is 1300. The zero-order valence-corrected chi connectivity index (χ0v) is 17.5. The van der Waals surface area contributed by atoms with Gasteiger partial charge in [-0.1, -0.05) is 23.8 Å². The fraction of sp³-hybridized carbons (Fsp3) is 0.261. The lowest BCUT2D eigenvalue weighted by Gasteiger charge is -2.12. The normalized spacial score (nSPS) is 16.0. The summed E-state index contributed by atoms with van der Waals surface area (Å²) in [5, 5.41) is 8.09. The lowest BCUT2D eigenvalue weighted by molar-refractivity contribution is 0.120. The molecule has 5 rings (SSSR count). The molecular weight excluding hydrogens is 414 g/mol. The second-order valence-electron chi connectivity index (χ2n) is 7.87. The predicted molar refractivity (Wildman–Crippen MR) is 119 cm³/mol. The first-order valence-corrected chi connectivity index (χ1v) is 10.4. The molecule has 3 N–H and O–H groups in total. The number of hydrogen-bond acceptors (Lipinski definition) is 6. The molecule has 164 valence electrons. The van der Waals surface area contributed by atoms with Crippen LogP contribution in [0.25, 0.3) is 28.0 Å². The Labute approximate surface area is 183 Å². The Morgan fingerprint density at radius 3 is 2.84 bits per heavy atom. The molecule has 1 atom stereocenters. The number of aryl methyl sites for hydroxylation is 1. The first-order valence-electron chi connectivity index (χ1n) is 10.4. The van der Waals surface area contributed by atoms with E-state index in [1.807, 2.05) is 31.2 Å². The summed E-state index contributed by atoms with van der Waals surface area (Å²) in [4.78, 5) is 9.20. The van der Waals surface area contributed by atoms with E-state index >= 15 is 0 Å². The number of anilines is 2. The van der Waals surface area contributed by atoms with Gasteiger partial charge in [0, 0.05) is 24.8 Å². The van der Waals surface area contributed by atoms with E-state index < -0.39 is 11.6 Å².